The van der Waals surface area contributed by atoms with E-state index in [1.807, 2.05) is 18.0 Å². The maximum Gasteiger partial charge on any atom is 0.418 e. The third kappa shape index (κ3) is 6.18. The van der Waals surface area contributed by atoms with Crippen molar-refractivity contribution < 1.29 is 32.2 Å². The number of carboxylic acid groups (broad SMARTS) is 1. The number of nitriles is 1. The fourth-order valence-electron chi connectivity index (χ4n) is 6.26. The number of benzene rings is 3. The zero-order valence-corrected chi connectivity index (χ0v) is 28.0. The van der Waals surface area contributed by atoms with E-state index in [2.05, 4.69) is 4.98 Å². The van der Waals surface area contributed by atoms with E-state index in [4.69, 9.17) is 16.3 Å². The van der Waals surface area contributed by atoms with Crippen LogP contribution in [0.2, 0.25) is 5.02 Å². The molecule has 0 amide bonds. The Hall–Kier alpha value is -4.71. The van der Waals surface area contributed by atoms with Crippen molar-refractivity contribution in [2.24, 2.45) is 0 Å². The van der Waals surface area contributed by atoms with Crippen LogP contribution in [0.1, 0.15) is 32.2 Å². The van der Waals surface area contributed by atoms with Gasteiger partial charge in [-0.2, -0.15) is 18.4 Å². The SMILES string of the molecule is Cc1sc2c(-c3cc(Cl)ccc3OCCn3c(C)nc4cc(C(F)(F)F)c(N5CCN(C)CC5)c(C#N)c4c3=O)ccc(F)c2c1C(=O)O. The van der Waals surface area contributed by atoms with E-state index in [9.17, 15) is 37.5 Å². The van der Waals surface area contributed by atoms with Crippen LogP contribution in [0, 0.1) is 31.0 Å². The highest BCUT2D eigenvalue weighted by Gasteiger charge is 2.39. The van der Waals surface area contributed by atoms with Gasteiger partial charge in [0.25, 0.3) is 5.56 Å². The van der Waals surface area contributed by atoms with Crippen LogP contribution in [0.3, 0.4) is 0 Å². The minimum Gasteiger partial charge on any atom is -0.491 e. The lowest BCUT2D eigenvalue weighted by Crippen LogP contribution is -2.45. The van der Waals surface area contributed by atoms with Gasteiger partial charge in [0.2, 0.25) is 0 Å². The van der Waals surface area contributed by atoms with E-state index in [-0.39, 0.29) is 65.2 Å². The number of fused-ring (bicyclic) bond motifs is 2. The number of aromatic nitrogens is 2. The first-order valence-electron chi connectivity index (χ1n) is 15.1. The van der Waals surface area contributed by atoms with Crippen molar-refractivity contribution in [1.82, 2.24) is 14.5 Å². The number of carboxylic acids is 1. The predicted octanol–water partition coefficient (Wildman–Crippen LogP) is 7.11. The third-order valence-electron chi connectivity index (χ3n) is 8.63. The minimum atomic E-state index is -4.79. The number of thiophene rings is 1. The van der Waals surface area contributed by atoms with Crippen molar-refractivity contribution in [1.29, 1.82) is 5.26 Å². The van der Waals surface area contributed by atoms with Crippen LogP contribution in [-0.4, -0.2) is 65.4 Å². The molecule has 0 aliphatic carbocycles. The minimum absolute atomic E-state index is 0.0271. The normalized spacial score (nSPS) is 14.1. The van der Waals surface area contributed by atoms with Crippen LogP contribution in [0.25, 0.3) is 32.1 Å². The van der Waals surface area contributed by atoms with Gasteiger partial charge in [-0.1, -0.05) is 11.6 Å². The maximum atomic E-state index is 14.9. The molecule has 9 nitrogen and oxygen atoms in total. The summed E-state index contributed by atoms with van der Waals surface area (Å²) >= 11 is 7.45. The van der Waals surface area contributed by atoms with Crippen molar-refractivity contribution in [3.8, 4) is 22.9 Å². The molecule has 0 unspecified atom stereocenters. The number of piperazine rings is 1. The fourth-order valence-corrected chi connectivity index (χ4v) is 7.62. The van der Waals surface area contributed by atoms with Gasteiger partial charge in [0.1, 0.15) is 30.1 Å². The third-order valence-corrected chi connectivity index (χ3v) is 10.0. The Morgan fingerprint density at radius 2 is 1.82 bits per heavy atom. The molecular weight excluding hydrogens is 686 g/mol. The van der Waals surface area contributed by atoms with E-state index in [1.54, 1.807) is 25.1 Å². The molecule has 0 atom stereocenters. The number of nitrogens with zero attached hydrogens (tertiary/aromatic N) is 5. The number of likely N-dealkylation sites (N-methyl/N-ethyl adjacent to an activating group) is 1. The molecule has 1 aliphatic heterocycles. The zero-order chi connectivity index (χ0) is 35.4. The summed E-state index contributed by atoms with van der Waals surface area (Å²) in [5.41, 5.74) is -1.81. The second-order valence-electron chi connectivity index (χ2n) is 11.7. The highest BCUT2D eigenvalue weighted by atomic mass is 35.5. The van der Waals surface area contributed by atoms with Gasteiger partial charge in [-0.05, 0) is 57.3 Å². The summed E-state index contributed by atoms with van der Waals surface area (Å²) in [6, 6.07) is 10.2. The largest absolute Gasteiger partial charge is 0.491 e. The quantitative estimate of drug-likeness (QED) is 0.178. The van der Waals surface area contributed by atoms with Crippen molar-refractivity contribution in [2.75, 3.05) is 44.7 Å². The number of aryl methyl sites for hydroxylation is 2. The van der Waals surface area contributed by atoms with E-state index < -0.39 is 29.1 Å². The van der Waals surface area contributed by atoms with Crippen molar-refractivity contribution >= 4 is 55.6 Å². The Morgan fingerprint density at radius 1 is 1.10 bits per heavy atom. The first-order valence-corrected chi connectivity index (χ1v) is 16.3. The molecule has 1 aliphatic rings. The van der Waals surface area contributed by atoms with Gasteiger partial charge in [0.15, 0.2) is 0 Å². The highest BCUT2D eigenvalue weighted by molar-refractivity contribution is 7.20. The Kier molecular flexibility index (Phi) is 9.04. The molecule has 15 heteroatoms. The molecule has 3 aromatic carbocycles. The number of rotatable bonds is 7. The van der Waals surface area contributed by atoms with Crippen LogP contribution in [-0.2, 0) is 12.7 Å². The number of hydrogen-bond acceptors (Lipinski definition) is 8. The summed E-state index contributed by atoms with van der Waals surface area (Å²) in [6.07, 6.45) is -4.79. The van der Waals surface area contributed by atoms with Crippen LogP contribution in [0.4, 0.5) is 23.2 Å². The summed E-state index contributed by atoms with van der Waals surface area (Å²) < 4.78 is 65.7. The Morgan fingerprint density at radius 3 is 2.47 bits per heavy atom. The van der Waals surface area contributed by atoms with Gasteiger partial charge in [-0.3, -0.25) is 9.36 Å². The Balaban J connectivity index is 1.39. The van der Waals surface area contributed by atoms with Crippen LogP contribution >= 0.6 is 22.9 Å². The average Bonchev–Trinajstić information content (AvgIpc) is 3.40. The summed E-state index contributed by atoms with van der Waals surface area (Å²) in [6.45, 7) is 4.35. The molecule has 3 heterocycles. The summed E-state index contributed by atoms with van der Waals surface area (Å²) in [7, 11) is 1.85. The van der Waals surface area contributed by atoms with Crippen molar-refractivity contribution in [2.45, 2.75) is 26.6 Å². The number of alkyl halides is 3. The fraction of sp³-hybridized carbons (Fsp3) is 0.294. The van der Waals surface area contributed by atoms with Gasteiger partial charge in [-0.25, -0.2) is 14.2 Å². The zero-order valence-electron chi connectivity index (χ0n) is 26.4. The summed E-state index contributed by atoms with van der Waals surface area (Å²) in [5, 5.41) is 20.0. The van der Waals surface area contributed by atoms with Gasteiger partial charge in [-0.15, -0.1) is 11.3 Å². The number of aromatic carboxylic acids is 1. The highest BCUT2D eigenvalue weighted by Crippen LogP contribution is 2.44. The maximum absolute atomic E-state index is 14.9. The Bertz CT molecular complexity index is 2250. The van der Waals surface area contributed by atoms with Gasteiger partial charge < -0.3 is 19.6 Å². The predicted molar refractivity (Wildman–Crippen MR) is 180 cm³/mol. The first-order chi connectivity index (χ1) is 23.2. The molecular formula is C34H28ClF4N5O4S. The lowest BCUT2D eigenvalue weighted by atomic mass is 10.00. The monoisotopic (exact) mass is 713 g/mol. The van der Waals surface area contributed by atoms with E-state index >= 15 is 0 Å². The number of hydrogen-bond donors (Lipinski definition) is 1. The molecule has 6 rings (SSSR count). The van der Waals surface area contributed by atoms with E-state index in [0.717, 1.165) is 17.4 Å². The van der Waals surface area contributed by atoms with Crippen molar-refractivity contribution in [3.63, 3.8) is 0 Å². The van der Waals surface area contributed by atoms with Gasteiger partial charge in [0, 0.05) is 57.3 Å². The summed E-state index contributed by atoms with van der Waals surface area (Å²) in [4.78, 5) is 34.1. The lowest BCUT2D eigenvalue weighted by Gasteiger charge is -2.36. The van der Waals surface area contributed by atoms with Gasteiger partial charge in [0.05, 0.1) is 39.8 Å². The number of halogens is 5. The van der Waals surface area contributed by atoms with Crippen LogP contribution < -0.4 is 15.2 Å². The molecule has 0 radical (unpaired) electrons. The smallest absolute Gasteiger partial charge is 0.418 e. The van der Waals surface area contributed by atoms with Crippen molar-refractivity contribution in [3.05, 3.63) is 85.0 Å². The number of carbonyl (C=O) groups is 1. The molecule has 1 saturated heterocycles. The van der Waals surface area contributed by atoms with E-state index in [0.29, 0.717) is 44.6 Å². The molecule has 0 spiro atoms. The number of anilines is 1. The van der Waals surface area contributed by atoms with E-state index in [1.165, 1.54) is 28.5 Å². The average molecular weight is 714 g/mol. The molecule has 0 saturated carbocycles. The van der Waals surface area contributed by atoms with Crippen LogP contribution in [0.15, 0.2) is 41.2 Å². The first kappa shape index (κ1) is 34.2. The molecule has 5 aromatic rings. The van der Waals surface area contributed by atoms with Crippen LogP contribution in [0.5, 0.6) is 5.75 Å². The molecule has 49 heavy (non-hydrogen) atoms. The second-order valence-corrected chi connectivity index (χ2v) is 13.3. The van der Waals surface area contributed by atoms with Gasteiger partial charge >= 0.3 is 12.1 Å². The molecule has 1 fully saturated rings. The number of ether oxygens (including phenoxy) is 1. The topological polar surface area (TPSA) is 112 Å². The molecule has 1 N–H and O–H groups in total. The lowest BCUT2D eigenvalue weighted by molar-refractivity contribution is -0.137. The summed E-state index contributed by atoms with van der Waals surface area (Å²) in [5.74, 6) is -1.50. The standard InChI is InChI=1S/C34H28ClF4N5O4S/c1-17-27(33(46)47)29-24(36)6-5-20(31(29)49-17)21-14-19(35)4-7-26(21)48-13-12-44-18(2)41-25-15-23(34(37,38)39)30(22(16-40)28(25)32(44)45)43-10-8-42(3)9-11-43/h4-7,14-15H,8-13H2,1-3H3,(H,46,47). The Labute approximate surface area is 286 Å². The molecule has 2 aromatic heterocycles. The molecule has 254 valence electrons. The second kappa shape index (κ2) is 13.0. The molecule has 0 bridgehead atoms.